The average molecular weight is 255 g/mol. The molecule has 1 rings (SSSR count). The lowest BCUT2D eigenvalue weighted by atomic mass is 10.0. The number of rotatable bonds is 3. The molecule has 1 heterocycles. The smallest absolute Gasteiger partial charge is 0.239 e. The van der Waals surface area contributed by atoms with E-state index in [2.05, 4.69) is 13.8 Å². The maximum Gasteiger partial charge on any atom is 0.239 e. The van der Waals surface area contributed by atoms with Crippen molar-refractivity contribution in [3.63, 3.8) is 0 Å². The molecule has 2 amide bonds. The number of hydrogen-bond acceptors (Lipinski definition) is 3. The van der Waals surface area contributed by atoms with Crippen molar-refractivity contribution in [2.75, 3.05) is 26.2 Å². The monoisotopic (exact) mass is 255 g/mol. The van der Waals surface area contributed by atoms with Gasteiger partial charge < -0.3 is 15.5 Å². The zero-order valence-electron chi connectivity index (χ0n) is 11.7. The summed E-state index contributed by atoms with van der Waals surface area (Å²) in [5.74, 6) is 0.523. The van der Waals surface area contributed by atoms with Gasteiger partial charge in [-0.2, -0.15) is 0 Å². The summed E-state index contributed by atoms with van der Waals surface area (Å²) in [7, 11) is 0. The van der Waals surface area contributed by atoms with Gasteiger partial charge in [0.2, 0.25) is 11.8 Å². The van der Waals surface area contributed by atoms with Gasteiger partial charge in [0.1, 0.15) is 0 Å². The van der Waals surface area contributed by atoms with Crippen molar-refractivity contribution >= 4 is 11.8 Å². The second-order valence-corrected chi connectivity index (χ2v) is 5.42. The van der Waals surface area contributed by atoms with E-state index in [1.807, 2.05) is 0 Å². The number of nitrogens with two attached hydrogens (primary N) is 1. The highest BCUT2D eigenvalue weighted by Gasteiger charge is 2.24. The molecule has 2 N–H and O–H groups in total. The van der Waals surface area contributed by atoms with Crippen LogP contribution in [0.2, 0.25) is 0 Å². The zero-order chi connectivity index (χ0) is 13.7. The largest absolute Gasteiger partial charge is 0.341 e. The van der Waals surface area contributed by atoms with Gasteiger partial charge in [-0.3, -0.25) is 9.59 Å². The number of carbonyl (C=O) groups excluding carboxylic acids is 2. The van der Waals surface area contributed by atoms with Gasteiger partial charge >= 0.3 is 0 Å². The Morgan fingerprint density at radius 1 is 1.11 bits per heavy atom. The molecule has 0 aromatic heterocycles. The zero-order valence-corrected chi connectivity index (χ0v) is 11.7. The Hall–Kier alpha value is -1.10. The van der Waals surface area contributed by atoms with Gasteiger partial charge in [-0.05, 0) is 18.8 Å². The predicted octanol–water partition coefficient (Wildman–Crippen LogP) is 0.441. The Balaban J connectivity index is 2.52. The van der Waals surface area contributed by atoms with Crippen molar-refractivity contribution in [1.82, 2.24) is 9.80 Å². The molecule has 0 aliphatic carbocycles. The van der Waals surface area contributed by atoms with Crippen LogP contribution in [0.1, 0.15) is 33.6 Å². The van der Waals surface area contributed by atoms with Crippen LogP contribution < -0.4 is 5.73 Å². The summed E-state index contributed by atoms with van der Waals surface area (Å²) in [4.78, 5) is 27.1. The van der Waals surface area contributed by atoms with E-state index in [1.54, 1.807) is 16.7 Å². The Labute approximate surface area is 109 Å². The maximum atomic E-state index is 12.2. The van der Waals surface area contributed by atoms with Crippen molar-refractivity contribution in [1.29, 1.82) is 0 Å². The third-order valence-electron chi connectivity index (χ3n) is 3.30. The quantitative estimate of drug-likeness (QED) is 0.796. The molecule has 5 nitrogen and oxygen atoms in total. The summed E-state index contributed by atoms with van der Waals surface area (Å²) < 4.78 is 0. The fraction of sp³-hybridized carbons (Fsp3) is 0.846. The van der Waals surface area contributed by atoms with Gasteiger partial charge in [0.15, 0.2) is 0 Å². The normalized spacial score (nSPS) is 18.7. The lowest BCUT2D eigenvalue weighted by Gasteiger charge is -2.25. The van der Waals surface area contributed by atoms with E-state index >= 15 is 0 Å². The lowest BCUT2D eigenvalue weighted by molar-refractivity contribution is -0.134. The molecule has 0 aromatic rings. The van der Waals surface area contributed by atoms with E-state index in [-0.39, 0.29) is 11.8 Å². The van der Waals surface area contributed by atoms with Crippen LogP contribution in [0.25, 0.3) is 0 Å². The molecule has 1 saturated heterocycles. The molecule has 0 saturated carbocycles. The molecule has 5 heteroatoms. The molecule has 0 aromatic carbocycles. The first kappa shape index (κ1) is 15.0. The standard InChI is InChI=1S/C13H25N3O2/c1-10(2)9-12(14)13(18)16-6-4-5-15(7-8-16)11(3)17/h10,12H,4-9,14H2,1-3H3/t12-/m1/s1. The van der Waals surface area contributed by atoms with E-state index in [1.165, 1.54) is 0 Å². The molecule has 1 atom stereocenters. The molecule has 18 heavy (non-hydrogen) atoms. The number of carbonyl (C=O) groups is 2. The summed E-state index contributed by atoms with van der Waals surface area (Å²) in [6, 6.07) is -0.408. The lowest BCUT2D eigenvalue weighted by Crippen LogP contribution is -2.46. The van der Waals surface area contributed by atoms with E-state index in [9.17, 15) is 9.59 Å². The Bertz CT molecular complexity index is 305. The minimum absolute atomic E-state index is 0.0223. The minimum Gasteiger partial charge on any atom is -0.341 e. The molecule has 0 bridgehead atoms. The highest BCUT2D eigenvalue weighted by atomic mass is 16.2. The van der Waals surface area contributed by atoms with Gasteiger partial charge in [0.25, 0.3) is 0 Å². The van der Waals surface area contributed by atoms with Crippen LogP contribution in [-0.2, 0) is 9.59 Å². The van der Waals surface area contributed by atoms with Crippen LogP contribution in [0.4, 0.5) is 0 Å². The second-order valence-electron chi connectivity index (χ2n) is 5.42. The fourth-order valence-corrected chi connectivity index (χ4v) is 2.30. The summed E-state index contributed by atoms with van der Waals surface area (Å²) in [6.07, 6.45) is 1.55. The van der Waals surface area contributed by atoms with Crippen molar-refractivity contribution in [2.45, 2.75) is 39.7 Å². The third kappa shape index (κ3) is 4.29. The van der Waals surface area contributed by atoms with Crippen molar-refractivity contribution in [2.24, 2.45) is 11.7 Å². The molecular weight excluding hydrogens is 230 g/mol. The van der Waals surface area contributed by atoms with Gasteiger partial charge in [0, 0.05) is 33.1 Å². The van der Waals surface area contributed by atoms with Crippen molar-refractivity contribution in [3.05, 3.63) is 0 Å². The SMILES string of the molecule is CC(=O)N1CCCN(C(=O)[C@H](N)CC(C)C)CC1. The first-order valence-corrected chi connectivity index (χ1v) is 6.71. The highest BCUT2D eigenvalue weighted by Crippen LogP contribution is 2.09. The first-order valence-electron chi connectivity index (χ1n) is 6.71. The van der Waals surface area contributed by atoms with Crippen LogP contribution in [0.3, 0.4) is 0 Å². The topological polar surface area (TPSA) is 66.6 Å². The minimum atomic E-state index is -0.408. The van der Waals surface area contributed by atoms with Gasteiger partial charge in [-0.1, -0.05) is 13.8 Å². The van der Waals surface area contributed by atoms with Crippen molar-refractivity contribution in [3.8, 4) is 0 Å². The first-order chi connectivity index (χ1) is 8.41. The van der Waals surface area contributed by atoms with Crippen LogP contribution in [-0.4, -0.2) is 53.8 Å². The van der Waals surface area contributed by atoms with Crippen LogP contribution in [0, 0.1) is 5.92 Å². The maximum absolute atomic E-state index is 12.2. The van der Waals surface area contributed by atoms with E-state index in [0.717, 1.165) is 13.0 Å². The fourth-order valence-electron chi connectivity index (χ4n) is 2.30. The van der Waals surface area contributed by atoms with Crippen LogP contribution in [0.5, 0.6) is 0 Å². The molecule has 0 spiro atoms. The number of hydrogen-bond donors (Lipinski definition) is 1. The molecule has 0 radical (unpaired) electrons. The van der Waals surface area contributed by atoms with Gasteiger partial charge in [-0.25, -0.2) is 0 Å². The summed E-state index contributed by atoms with van der Waals surface area (Å²) >= 11 is 0. The molecule has 0 unspecified atom stereocenters. The average Bonchev–Trinajstić information content (AvgIpc) is 2.52. The van der Waals surface area contributed by atoms with E-state index in [0.29, 0.717) is 32.0 Å². The van der Waals surface area contributed by atoms with Crippen LogP contribution in [0.15, 0.2) is 0 Å². The molecular formula is C13H25N3O2. The summed E-state index contributed by atoms with van der Waals surface area (Å²) in [6.45, 7) is 8.36. The number of amides is 2. The summed E-state index contributed by atoms with van der Waals surface area (Å²) in [5.41, 5.74) is 5.92. The Morgan fingerprint density at radius 2 is 1.67 bits per heavy atom. The van der Waals surface area contributed by atoms with Gasteiger partial charge in [0.05, 0.1) is 6.04 Å². The van der Waals surface area contributed by atoms with E-state index < -0.39 is 6.04 Å². The Morgan fingerprint density at radius 3 is 2.22 bits per heavy atom. The van der Waals surface area contributed by atoms with Crippen LogP contribution >= 0.6 is 0 Å². The highest BCUT2D eigenvalue weighted by molar-refractivity contribution is 5.81. The predicted molar refractivity (Wildman–Crippen MR) is 70.9 cm³/mol. The second kappa shape index (κ2) is 6.73. The van der Waals surface area contributed by atoms with Crippen molar-refractivity contribution < 1.29 is 9.59 Å². The number of nitrogens with zero attached hydrogens (tertiary/aromatic N) is 2. The third-order valence-corrected chi connectivity index (χ3v) is 3.30. The van der Waals surface area contributed by atoms with E-state index in [4.69, 9.17) is 5.73 Å². The molecule has 1 fully saturated rings. The van der Waals surface area contributed by atoms with Gasteiger partial charge in [-0.15, -0.1) is 0 Å². The molecule has 1 aliphatic rings. The molecule has 104 valence electrons. The molecule has 1 aliphatic heterocycles. The summed E-state index contributed by atoms with van der Waals surface area (Å²) in [5, 5.41) is 0. The Kier molecular flexibility index (Phi) is 5.59.